The molecule has 0 radical (unpaired) electrons. The van der Waals surface area contributed by atoms with E-state index in [4.69, 9.17) is 19.2 Å². The van der Waals surface area contributed by atoms with E-state index in [1.165, 1.54) is 6.07 Å². The largest absolute Gasteiger partial charge is 0.497 e. The van der Waals surface area contributed by atoms with Crippen LogP contribution in [-0.2, 0) is 6.54 Å². The first kappa shape index (κ1) is 26.4. The minimum Gasteiger partial charge on any atom is -0.497 e. The van der Waals surface area contributed by atoms with E-state index in [-0.39, 0.29) is 24.1 Å². The minimum atomic E-state index is -0.237. The number of fused-ring (bicyclic) bond motifs is 5. The summed E-state index contributed by atoms with van der Waals surface area (Å²) in [4.78, 5) is 14.0. The molecular formula is C31H36FN5O3. The summed E-state index contributed by atoms with van der Waals surface area (Å²) in [5, 5.41) is 3.75. The van der Waals surface area contributed by atoms with E-state index < -0.39 is 0 Å². The number of ether oxygens (including phenoxy) is 3. The van der Waals surface area contributed by atoms with E-state index in [0.717, 1.165) is 77.8 Å². The third kappa shape index (κ3) is 5.06. The molecule has 210 valence electrons. The highest BCUT2D eigenvalue weighted by Gasteiger charge is 2.36. The predicted molar refractivity (Wildman–Crippen MR) is 153 cm³/mol. The van der Waals surface area contributed by atoms with Gasteiger partial charge >= 0.3 is 0 Å². The average molecular weight is 546 g/mol. The Morgan fingerprint density at radius 2 is 1.98 bits per heavy atom. The number of methoxy groups -OCH3 is 2. The van der Waals surface area contributed by atoms with E-state index in [9.17, 15) is 4.39 Å². The maximum atomic E-state index is 14.6. The molecule has 1 fully saturated rings. The van der Waals surface area contributed by atoms with Crippen molar-refractivity contribution in [3.8, 4) is 17.2 Å². The van der Waals surface area contributed by atoms with Crippen molar-refractivity contribution in [1.29, 1.82) is 0 Å². The number of halogens is 1. The van der Waals surface area contributed by atoms with Crippen LogP contribution in [0.3, 0.4) is 0 Å². The molecular weight excluding hydrogens is 509 g/mol. The van der Waals surface area contributed by atoms with Crippen LogP contribution in [0.15, 0.2) is 48.8 Å². The lowest BCUT2D eigenvalue weighted by Gasteiger charge is -2.36. The SMILES string of the molecule is CCC1CCN(Cc2ccc(OC)cc2OC)c2ncnc3c2NC(C=C3)N2CCCC2c2cc(F)ccc2O1. The Morgan fingerprint density at radius 1 is 1.07 bits per heavy atom. The molecule has 8 nitrogen and oxygen atoms in total. The quantitative estimate of drug-likeness (QED) is 0.431. The van der Waals surface area contributed by atoms with Gasteiger partial charge in [-0.05, 0) is 61.7 Å². The second-order valence-electron chi connectivity index (χ2n) is 10.5. The third-order valence-corrected chi connectivity index (χ3v) is 8.19. The van der Waals surface area contributed by atoms with Gasteiger partial charge in [-0.25, -0.2) is 14.4 Å². The zero-order valence-corrected chi connectivity index (χ0v) is 23.3. The Labute approximate surface area is 234 Å². The summed E-state index contributed by atoms with van der Waals surface area (Å²) < 4.78 is 32.4. The Morgan fingerprint density at radius 3 is 2.80 bits per heavy atom. The molecule has 9 heteroatoms. The van der Waals surface area contributed by atoms with Crippen molar-refractivity contribution in [2.75, 3.05) is 37.5 Å². The van der Waals surface area contributed by atoms with E-state index in [1.54, 1.807) is 32.7 Å². The molecule has 3 aromatic rings. The number of benzene rings is 2. The molecule has 2 bridgehead atoms. The molecule has 0 spiro atoms. The number of nitrogens with one attached hydrogen (secondary N) is 1. The lowest BCUT2D eigenvalue weighted by molar-refractivity contribution is 0.176. The molecule has 6 rings (SSSR count). The van der Waals surface area contributed by atoms with Crippen molar-refractivity contribution in [2.24, 2.45) is 0 Å². The Hall–Kier alpha value is -3.85. The first-order valence-electron chi connectivity index (χ1n) is 14.1. The summed E-state index contributed by atoms with van der Waals surface area (Å²) in [5.41, 5.74) is 3.70. The van der Waals surface area contributed by atoms with Crippen LogP contribution >= 0.6 is 0 Å². The number of anilines is 2. The Balaban J connectivity index is 1.44. The number of nitrogens with zero attached hydrogens (tertiary/aromatic N) is 4. The van der Waals surface area contributed by atoms with Crippen LogP contribution in [0.2, 0.25) is 0 Å². The molecule has 0 aliphatic carbocycles. The van der Waals surface area contributed by atoms with Crippen LogP contribution < -0.4 is 24.4 Å². The molecule has 3 atom stereocenters. The summed E-state index contributed by atoms with van der Waals surface area (Å²) in [6, 6.07) is 10.9. The minimum absolute atomic E-state index is 0.0420. The fraction of sp³-hybridized carbons (Fsp3) is 0.419. The van der Waals surface area contributed by atoms with E-state index in [2.05, 4.69) is 39.2 Å². The molecule has 0 saturated carbocycles. The zero-order valence-electron chi connectivity index (χ0n) is 23.3. The molecule has 40 heavy (non-hydrogen) atoms. The molecule has 3 aliphatic rings. The molecule has 3 aliphatic heterocycles. The first-order chi connectivity index (χ1) is 19.6. The summed E-state index contributed by atoms with van der Waals surface area (Å²) >= 11 is 0. The molecule has 2 aromatic carbocycles. The van der Waals surface area contributed by atoms with Crippen molar-refractivity contribution in [2.45, 2.75) is 57.5 Å². The fourth-order valence-corrected chi connectivity index (χ4v) is 6.08. The van der Waals surface area contributed by atoms with Crippen molar-refractivity contribution in [3.63, 3.8) is 0 Å². The monoisotopic (exact) mass is 545 g/mol. The van der Waals surface area contributed by atoms with E-state index in [1.807, 2.05) is 18.2 Å². The van der Waals surface area contributed by atoms with Crippen LogP contribution in [0.25, 0.3) is 6.08 Å². The van der Waals surface area contributed by atoms with Gasteiger partial charge < -0.3 is 24.4 Å². The molecule has 3 unspecified atom stereocenters. The van der Waals surface area contributed by atoms with Crippen LogP contribution in [-0.4, -0.2) is 54.4 Å². The van der Waals surface area contributed by atoms with Gasteiger partial charge in [-0.1, -0.05) is 6.92 Å². The van der Waals surface area contributed by atoms with Gasteiger partial charge in [0.1, 0.15) is 41.2 Å². The number of rotatable bonds is 5. The molecule has 4 heterocycles. The summed E-state index contributed by atoms with van der Waals surface area (Å²) in [6.07, 6.45) is 9.27. The van der Waals surface area contributed by atoms with Crippen LogP contribution in [0.4, 0.5) is 15.9 Å². The average Bonchev–Trinajstić information content (AvgIpc) is 3.48. The second kappa shape index (κ2) is 11.3. The highest BCUT2D eigenvalue weighted by atomic mass is 19.1. The van der Waals surface area contributed by atoms with E-state index in [0.29, 0.717) is 13.1 Å². The summed E-state index contributed by atoms with van der Waals surface area (Å²) in [7, 11) is 3.33. The van der Waals surface area contributed by atoms with E-state index >= 15 is 0 Å². The van der Waals surface area contributed by atoms with Gasteiger partial charge in [0.2, 0.25) is 0 Å². The lowest BCUT2D eigenvalue weighted by atomic mass is 10.0. The summed E-state index contributed by atoms with van der Waals surface area (Å²) in [5.74, 6) is 2.87. The lowest BCUT2D eigenvalue weighted by Crippen LogP contribution is -2.41. The van der Waals surface area contributed by atoms with Gasteiger partial charge in [-0.3, -0.25) is 4.90 Å². The van der Waals surface area contributed by atoms with Crippen LogP contribution in [0.1, 0.15) is 55.5 Å². The highest BCUT2D eigenvalue weighted by Crippen LogP contribution is 2.42. The standard InChI is InChI=1S/C31H36FN5O3/c1-4-22-13-15-36(18-20-7-9-23(38-2)17-28(20)39-3)31-30-25(33-19-34-31)10-12-29(35-30)37-14-5-6-26(37)24-16-21(32)8-11-27(24)40-22/h7-12,16-17,19,22,26,29,35H,4-6,13-15,18H2,1-3H3. The maximum absolute atomic E-state index is 14.6. The normalized spacial score (nSPS) is 22.1. The van der Waals surface area contributed by atoms with Crippen molar-refractivity contribution in [1.82, 2.24) is 14.9 Å². The Kier molecular flexibility index (Phi) is 7.47. The molecule has 1 N–H and O–H groups in total. The zero-order chi connectivity index (χ0) is 27.6. The van der Waals surface area contributed by atoms with Gasteiger partial charge in [0.05, 0.1) is 26.1 Å². The maximum Gasteiger partial charge on any atom is 0.156 e. The van der Waals surface area contributed by atoms with Gasteiger partial charge in [-0.15, -0.1) is 0 Å². The van der Waals surface area contributed by atoms with Gasteiger partial charge in [0, 0.05) is 49.3 Å². The molecule has 0 amide bonds. The van der Waals surface area contributed by atoms with Crippen molar-refractivity contribution in [3.05, 3.63) is 71.4 Å². The Bertz CT molecular complexity index is 1400. The highest BCUT2D eigenvalue weighted by molar-refractivity contribution is 5.78. The number of aromatic nitrogens is 2. The fourth-order valence-electron chi connectivity index (χ4n) is 6.08. The smallest absolute Gasteiger partial charge is 0.156 e. The predicted octanol–water partition coefficient (Wildman–Crippen LogP) is 5.80. The van der Waals surface area contributed by atoms with Gasteiger partial charge in [0.15, 0.2) is 5.82 Å². The van der Waals surface area contributed by atoms with Gasteiger partial charge in [-0.2, -0.15) is 0 Å². The van der Waals surface area contributed by atoms with Gasteiger partial charge in [0.25, 0.3) is 0 Å². The molecule has 1 saturated heterocycles. The topological polar surface area (TPSA) is 72.0 Å². The van der Waals surface area contributed by atoms with Crippen LogP contribution in [0, 0.1) is 5.82 Å². The number of hydrogen-bond donors (Lipinski definition) is 1. The number of hydrogen-bond acceptors (Lipinski definition) is 8. The summed E-state index contributed by atoms with van der Waals surface area (Å²) in [6.45, 7) is 4.30. The first-order valence-corrected chi connectivity index (χ1v) is 14.1. The van der Waals surface area contributed by atoms with Crippen molar-refractivity contribution < 1.29 is 18.6 Å². The molecule has 1 aromatic heterocycles. The van der Waals surface area contributed by atoms with Crippen LogP contribution in [0.5, 0.6) is 17.2 Å². The van der Waals surface area contributed by atoms with Crippen molar-refractivity contribution >= 4 is 17.6 Å². The second-order valence-corrected chi connectivity index (χ2v) is 10.5. The third-order valence-electron chi connectivity index (χ3n) is 8.19.